The zero-order chi connectivity index (χ0) is 25.6. The van der Waals surface area contributed by atoms with Crippen molar-refractivity contribution in [2.45, 2.75) is 64.8 Å². The smallest absolute Gasteiger partial charge is 0.303 e. The summed E-state index contributed by atoms with van der Waals surface area (Å²) < 4.78 is 22.1. The summed E-state index contributed by atoms with van der Waals surface area (Å²) in [7, 11) is 0. The van der Waals surface area contributed by atoms with E-state index in [1.54, 1.807) is 19.1 Å². The number of ketones is 1. The SMILES string of the molecule is CC(=O)OC1C(Oc2cc(O)c3c(c2)Cc2cc(C)cc(O)c2C3=O)OC(C)C(O)C1OC(C)=O. The van der Waals surface area contributed by atoms with Crippen LogP contribution in [0.15, 0.2) is 24.3 Å². The number of fused-ring (bicyclic) bond motifs is 2. The van der Waals surface area contributed by atoms with Gasteiger partial charge in [-0.15, -0.1) is 0 Å². The molecule has 0 bridgehead atoms. The largest absolute Gasteiger partial charge is 0.507 e. The molecule has 3 N–H and O–H groups in total. The van der Waals surface area contributed by atoms with Gasteiger partial charge in [0.1, 0.15) is 23.4 Å². The molecule has 1 fully saturated rings. The molecule has 1 saturated heterocycles. The van der Waals surface area contributed by atoms with E-state index in [1.165, 1.54) is 19.1 Å². The molecule has 5 atom stereocenters. The lowest BCUT2D eigenvalue weighted by Crippen LogP contribution is -2.60. The van der Waals surface area contributed by atoms with Crippen molar-refractivity contribution in [1.29, 1.82) is 0 Å². The number of hydrogen-bond donors (Lipinski definition) is 3. The number of aromatic hydroxyl groups is 2. The third-order valence-electron chi connectivity index (χ3n) is 5.97. The van der Waals surface area contributed by atoms with Crippen LogP contribution in [0.3, 0.4) is 0 Å². The minimum absolute atomic E-state index is 0.0479. The molecule has 2 aromatic rings. The molecule has 5 unspecified atom stereocenters. The molecule has 0 radical (unpaired) electrons. The second kappa shape index (κ2) is 9.20. The first kappa shape index (κ1) is 24.5. The highest BCUT2D eigenvalue weighted by Gasteiger charge is 2.49. The van der Waals surface area contributed by atoms with Crippen LogP contribution in [0.4, 0.5) is 0 Å². The fraction of sp³-hybridized carbons (Fsp3) is 0.400. The van der Waals surface area contributed by atoms with Crippen LogP contribution in [0.25, 0.3) is 0 Å². The lowest BCUT2D eigenvalue weighted by Gasteiger charge is -2.42. The Labute approximate surface area is 201 Å². The Bertz CT molecular complexity index is 1200. The molecule has 0 aromatic heterocycles. The summed E-state index contributed by atoms with van der Waals surface area (Å²) in [6, 6.07) is 6.02. The maximum absolute atomic E-state index is 13.0. The van der Waals surface area contributed by atoms with E-state index in [-0.39, 0.29) is 34.8 Å². The first-order valence-electron chi connectivity index (χ1n) is 11.0. The topological polar surface area (TPSA) is 149 Å². The van der Waals surface area contributed by atoms with Crippen LogP contribution in [0, 0.1) is 6.92 Å². The molecule has 35 heavy (non-hydrogen) atoms. The van der Waals surface area contributed by atoms with E-state index < -0.39 is 48.4 Å². The van der Waals surface area contributed by atoms with Crippen molar-refractivity contribution in [3.63, 3.8) is 0 Å². The maximum Gasteiger partial charge on any atom is 0.303 e. The van der Waals surface area contributed by atoms with Gasteiger partial charge in [-0.25, -0.2) is 0 Å². The van der Waals surface area contributed by atoms with E-state index in [0.29, 0.717) is 11.1 Å². The Morgan fingerprint density at radius 1 is 0.943 bits per heavy atom. The van der Waals surface area contributed by atoms with Gasteiger partial charge in [-0.05, 0) is 49.1 Å². The number of benzene rings is 2. The van der Waals surface area contributed by atoms with Crippen LogP contribution in [-0.2, 0) is 30.2 Å². The molecule has 0 saturated carbocycles. The molecule has 1 aliphatic heterocycles. The number of phenolic OH excluding ortho intramolecular Hbond substituents is 2. The highest BCUT2D eigenvalue weighted by molar-refractivity contribution is 6.15. The van der Waals surface area contributed by atoms with Crippen LogP contribution in [0.5, 0.6) is 17.2 Å². The van der Waals surface area contributed by atoms with Crippen LogP contribution < -0.4 is 4.74 Å². The molecule has 0 amide bonds. The van der Waals surface area contributed by atoms with Crippen molar-refractivity contribution in [2.75, 3.05) is 0 Å². The first-order valence-corrected chi connectivity index (χ1v) is 11.0. The van der Waals surface area contributed by atoms with Gasteiger partial charge in [-0.2, -0.15) is 0 Å². The summed E-state index contributed by atoms with van der Waals surface area (Å²) in [5.74, 6) is -2.34. The number of hydrogen-bond acceptors (Lipinski definition) is 10. The number of rotatable bonds is 4. The van der Waals surface area contributed by atoms with Crippen molar-refractivity contribution in [1.82, 2.24) is 0 Å². The van der Waals surface area contributed by atoms with E-state index in [1.807, 2.05) is 0 Å². The maximum atomic E-state index is 13.0. The molecule has 1 aliphatic carbocycles. The summed E-state index contributed by atoms with van der Waals surface area (Å²) in [4.78, 5) is 36.4. The van der Waals surface area contributed by atoms with Gasteiger partial charge in [0.05, 0.1) is 17.2 Å². The molecule has 4 rings (SSSR count). The quantitative estimate of drug-likeness (QED) is 0.467. The van der Waals surface area contributed by atoms with Gasteiger partial charge in [0.25, 0.3) is 0 Å². The summed E-state index contributed by atoms with van der Waals surface area (Å²) in [5, 5.41) is 31.4. The molecule has 10 nitrogen and oxygen atoms in total. The molecule has 1 heterocycles. The van der Waals surface area contributed by atoms with Gasteiger partial charge >= 0.3 is 11.9 Å². The van der Waals surface area contributed by atoms with Gasteiger partial charge in [-0.1, -0.05) is 6.07 Å². The van der Waals surface area contributed by atoms with Crippen molar-refractivity contribution in [3.8, 4) is 17.2 Å². The number of carbonyl (C=O) groups excluding carboxylic acids is 3. The Balaban J connectivity index is 1.68. The lowest BCUT2D eigenvalue weighted by atomic mass is 9.83. The van der Waals surface area contributed by atoms with Crippen molar-refractivity contribution >= 4 is 17.7 Å². The predicted octanol–water partition coefficient (Wildman–Crippen LogP) is 1.89. The third kappa shape index (κ3) is 4.67. The van der Waals surface area contributed by atoms with Gasteiger partial charge in [0.2, 0.25) is 18.2 Å². The molecule has 10 heteroatoms. The molecule has 186 valence electrons. The van der Waals surface area contributed by atoms with Crippen molar-refractivity contribution < 1.29 is 48.7 Å². The first-order chi connectivity index (χ1) is 16.5. The van der Waals surface area contributed by atoms with E-state index in [0.717, 1.165) is 19.4 Å². The minimum atomic E-state index is -1.30. The molecular weight excluding hydrogens is 460 g/mol. The zero-order valence-corrected chi connectivity index (χ0v) is 19.6. The van der Waals surface area contributed by atoms with Gasteiger partial charge in [0, 0.05) is 19.9 Å². The molecular formula is C25H26O10. The number of phenols is 2. The van der Waals surface area contributed by atoms with Crippen LogP contribution >= 0.6 is 0 Å². The second-order valence-corrected chi connectivity index (χ2v) is 8.77. The van der Waals surface area contributed by atoms with Crippen molar-refractivity contribution in [2.24, 2.45) is 0 Å². The van der Waals surface area contributed by atoms with Gasteiger partial charge in [-0.3, -0.25) is 14.4 Å². The lowest BCUT2D eigenvalue weighted by molar-refractivity contribution is -0.277. The average molecular weight is 486 g/mol. The summed E-state index contributed by atoms with van der Waals surface area (Å²) in [6.45, 7) is 5.64. The molecule has 2 aliphatic rings. The Hall–Kier alpha value is -3.63. The highest BCUT2D eigenvalue weighted by atomic mass is 16.7. The van der Waals surface area contributed by atoms with Crippen LogP contribution in [-0.4, -0.2) is 63.7 Å². The summed E-state index contributed by atoms with van der Waals surface area (Å²) >= 11 is 0. The fourth-order valence-electron chi connectivity index (χ4n) is 4.56. The van der Waals surface area contributed by atoms with Gasteiger partial charge in [0.15, 0.2) is 6.10 Å². The summed E-state index contributed by atoms with van der Waals surface area (Å²) in [6.07, 6.45) is -5.73. The fourth-order valence-corrected chi connectivity index (χ4v) is 4.56. The van der Waals surface area contributed by atoms with Gasteiger partial charge < -0.3 is 34.3 Å². The number of aliphatic hydroxyl groups excluding tert-OH is 1. The molecule has 2 aromatic carbocycles. The van der Waals surface area contributed by atoms with E-state index >= 15 is 0 Å². The standard InChI is InChI=1S/C25H26O10/c1-10-5-14-7-15-8-16(9-18(29)20(15)22(31)19(14)17(28)6-10)35-25-24(34-13(4)27)23(33-12(3)26)21(30)11(2)32-25/h5-6,8-9,11,21,23-25,28-30H,7H2,1-4H3. The van der Waals surface area contributed by atoms with E-state index in [2.05, 4.69) is 0 Å². The number of aryl methyl sites for hydroxylation is 1. The average Bonchev–Trinajstić information content (AvgIpc) is 2.72. The Morgan fingerprint density at radius 2 is 1.51 bits per heavy atom. The molecule has 0 spiro atoms. The Kier molecular flexibility index (Phi) is 6.44. The monoisotopic (exact) mass is 486 g/mol. The highest BCUT2D eigenvalue weighted by Crippen LogP contribution is 2.40. The van der Waals surface area contributed by atoms with Crippen LogP contribution in [0.1, 0.15) is 53.4 Å². The Morgan fingerprint density at radius 3 is 2.14 bits per heavy atom. The second-order valence-electron chi connectivity index (χ2n) is 8.77. The van der Waals surface area contributed by atoms with Crippen molar-refractivity contribution in [3.05, 3.63) is 52.1 Å². The number of ether oxygens (including phenoxy) is 4. The van der Waals surface area contributed by atoms with Crippen LogP contribution in [0.2, 0.25) is 0 Å². The summed E-state index contributed by atoms with van der Waals surface area (Å²) in [5.41, 5.74) is 2.04. The number of carbonyl (C=O) groups is 3. The van der Waals surface area contributed by atoms with E-state index in [4.69, 9.17) is 18.9 Å². The third-order valence-corrected chi connectivity index (χ3v) is 5.97. The zero-order valence-electron chi connectivity index (χ0n) is 19.6. The number of aliphatic hydroxyl groups is 1. The predicted molar refractivity (Wildman–Crippen MR) is 119 cm³/mol. The normalized spacial score (nSPS) is 25.3. The number of esters is 2. The van der Waals surface area contributed by atoms with E-state index in [9.17, 15) is 29.7 Å². The minimum Gasteiger partial charge on any atom is -0.507 e.